The molecule has 2 unspecified atom stereocenters. The monoisotopic (exact) mass is 1160 g/mol. The zero-order valence-corrected chi connectivity index (χ0v) is 48.7. The first kappa shape index (κ1) is 56.3. The average Bonchev–Trinajstić information content (AvgIpc) is 4.22. The first-order chi connectivity index (χ1) is 40.3. The third-order valence-electron chi connectivity index (χ3n) is 19.2. The van der Waals surface area contributed by atoms with Crippen LogP contribution in [-0.4, -0.2) is 174 Å². The number of alkyl halides is 1. The molecule has 5 saturated heterocycles. The number of hydrogen-bond donors (Lipinski definition) is 1. The molecule has 4 amide bonds. The van der Waals surface area contributed by atoms with Crippen molar-refractivity contribution < 1.29 is 51.3 Å². The van der Waals surface area contributed by atoms with Crippen LogP contribution >= 0.6 is 0 Å². The van der Waals surface area contributed by atoms with E-state index in [2.05, 4.69) is 24.9 Å². The number of aryl methyl sites for hydroxylation is 1. The molecule has 5 aromatic rings. The van der Waals surface area contributed by atoms with Gasteiger partial charge in [0, 0.05) is 101 Å². The van der Waals surface area contributed by atoms with Gasteiger partial charge in [-0.05, 0) is 162 Å². The number of halogens is 3. The summed E-state index contributed by atoms with van der Waals surface area (Å²) < 4.78 is 73.5. The maximum Gasteiger partial charge on any atom is 0.410 e. The molecule has 2 bridgehead atoms. The normalized spacial score (nSPS) is 23.8. The summed E-state index contributed by atoms with van der Waals surface area (Å²) in [5, 5.41) is 3.94. The molecule has 1 N–H and O–H groups in total. The second-order valence-electron chi connectivity index (χ2n) is 26.3. The fourth-order valence-electron chi connectivity index (χ4n) is 14.9. The molecule has 3 aromatic carbocycles. The van der Waals surface area contributed by atoms with Crippen molar-refractivity contribution in [3.63, 3.8) is 0 Å². The maximum atomic E-state index is 17.7. The van der Waals surface area contributed by atoms with Crippen molar-refractivity contribution in [1.29, 1.82) is 0 Å². The number of ether oxygens (including phenoxy) is 4. The van der Waals surface area contributed by atoms with Crippen LogP contribution in [0.4, 0.5) is 29.5 Å². The molecule has 8 aliphatic rings. The third kappa shape index (κ3) is 10.7. The van der Waals surface area contributed by atoms with E-state index in [9.17, 15) is 19.2 Å². The van der Waals surface area contributed by atoms with Gasteiger partial charge in [-0.1, -0.05) is 13.0 Å². The number of piperidine rings is 2. The van der Waals surface area contributed by atoms with Gasteiger partial charge in [-0.25, -0.2) is 18.0 Å². The Bertz CT molecular complexity index is 3430. The summed E-state index contributed by atoms with van der Waals surface area (Å²) in [6.07, 6.45) is 8.60. The summed E-state index contributed by atoms with van der Waals surface area (Å²) in [6.45, 7) is 14.9. The molecule has 1 spiro atoms. The van der Waals surface area contributed by atoms with Crippen LogP contribution in [0.2, 0.25) is 0 Å². The van der Waals surface area contributed by atoms with Crippen LogP contribution in [0.5, 0.6) is 11.8 Å². The Morgan fingerprint density at radius 2 is 1.57 bits per heavy atom. The number of amides is 4. The van der Waals surface area contributed by atoms with E-state index in [0.29, 0.717) is 103 Å². The number of rotatable bonds is 15. The molecule has 2 aliphatic carbocycles. The van der Waals surface area contributed by atoms with Crippen molar-refractivity contribution >= 4 is 57.0 Å². The maximum absolute atomic E-state index is 17.7. The van der Waals surface area contributed by atoms with Gasteiger partial charge in [-0.2, -0.15) is 9.97 Å². The van der Waals surface area contributed by atoms with Crippen molar-refractivity contribution in [2.75, 3.05) is 95.8 Å². The van der Waals surface area contributed by atoms with Gasteiger partial charge in [0.25, 0.3) is 5.91 Å². The Balaban J connectivity index is 0.664. The van der Waals surface area contributed by atoms with Gasteiger partial charge in [0.1, 0.15) is 45.9 Å². The number of carbonyl (C=O) groups is 4. The fourth-order valence-corrected chi connectivity index (χ4v) is 14.9. The van der Waals surface area contributed by atoms with Crippen LogP contribution < -0.4 is 24.6 Å². The average molecular weight is 1160 g/mol. The lowest BCUT2D eigenvalue weighted by Crippen LogP contribution is -2.60. The van der Waals surface area contributed by atoms with Crippen LogP contribution in [-0.2, 0) is 32.0 Å². The van der Waals surface area contributed by atoms with E-state index < -0.39 is 34.9 Å². The Morgan fingerprint density at radius 1 is 0.833 bits per heavy atom. The number of hydrogen-bond acceptors (Lipinski definition) is 15. The highest BCUT2D eigenvalue weighted by atomic mass is 19.1. The van der Waals surface area contributed by atoms with E-state index in [-0.39, 0.29) is 71.3 Å². The van der Waals surface area contributed by atoms with Crippen LogP contribution in [0.25, 0.3) is 32.9 Å². The summed E-state index contributed by atoms with van der Waals surface area (Å²) in [7, 11) is 1.51. The molecule has 13 rings (SSSR count). The highest BCUT2D eigenvalue weighted by Gasteiger charge is 2.57. The molecular formula is C63H75F3N10O8. The minimum absolute atomic E-state index is 0.00828. The van der Waals surface area contributed by atoms with Crippen LogP contribution in [0.15, 0.2) is 48.7 Å². The van der Waals surface area contributed by atoms with Crippen LogP contribution in [0.3, 0.4) is 0 Å². The van der Waals surface area contributed by atoms with E-state index in [4.69, 9.17) is 33.9 Å². The Kier molecular flexibility index (Phi) is 14.5. The molecule has 84 heavy (non-hydrogen) atoms. The Labute approximate surface area is 487 Å². The van der Waals surface area contributed by atoms with Gasteiger partial charge in [-0.3, -0.25) is 34.5 Å². The van der Waals surface area contributed by atoms with E-state index in [1.165, 1.54) is 13.2 Å². The number of anilines is 2. The Hall–Kier alpha value is -6.84. The lowest BCUT2D eigenvalue weighted by Gasteiger charge is -2.57. The molecule has 2 saturated carbocycles. The second kappa shape index (κ2) is 21.6. The number of imide groups is 1. The molecule has 446 valence electrons. The minimum Gasteiger partial charge on any atom is -0.468 e. The number of piperazine rings is 2. The predicted octanol–water partition coefficient (Wildman–Crippen LogP) is 8.58. The zero-order valence-electron chi connectivity index (χ0n) is 48.7. The number of benzene rings is 3. The van der Waals surface area contributed by atoms with Gasteiger partial charge in [0.15, 0.2) is 12.6 Å². The number of pyridine rings is 1. The number of methoxy groups -OCH3 is 1. The van der Waals surface area contributed by atoms with Crippen molar-refractivity contribution in [2.45, 2.75) is 134 Å². The lowest BCUT2D eigenvalue weighted by atomic mass is 9.55. The smallest absolute Gasteiger partial charge is 0.410 e. The highest BCUT2D eigenvalue weighted by molar-refractivity contribution is 6.06. The van der Waals surface area contributed by atoms with Crippen molar-refractivity contribution in [3.8, 4) is 23.0 Å². The fraction of sp³-hybridized carbons (Fsp3) is 0.571. The molecular weight excluding hydrogens is 1080 g/mol. The van der Waals surface area contributed by atoms with Gasteiger partial charge in [0.05, 0.1) is 24.1 Å². The highest BCUT2D eigenvalue weighted by Crippen LogP contribution is 2.58. The number of aromatic nitrogens is 3. The SMILES string of the molecule is CCc1c(F)ccc2cc(OCOC)cc(-c3ncc4c(N5CC6CCC(C5)N6C(=O)OC(C)(C)C)nc(OCC5(CN6CCC7(CC6)CC(F)(CN6CCN(c8ccc9c(c8)CN([C@H]8CCC(=O)NC8=O)C9=O)CC6)C7)CC5)nc4c3F)c12. The Morgan fingerprint density at radius 3 is 2.26 bits per heavy atom. The van der Waals surface area contributed by atoms with E-state index in [1.54, 1.807) is 29.3 Å². The standard InChI is InChI=1S/C63H75F3N10O8/c1-6-44-48(64)12-7-38-26-43(83-37-81-5)27-46(51(38)44)53-52(65)54-47(28-67-53)55(74-30-41-8-9-42(31-74)76(41)59(80)84-60(2,3)4)70-58(69-54)82-36-62(15-16-62)34-71-19-17-61(18-20-71)32-63(66,33-61)35-72-21-23-73(24-22-72)40-10-11-45-39(25-40)29-75(57(45)79)49-13-14-50(77)68-56(49)78/h7,10-12,25-28,41-42,49H,6,8-9,13-24,29-37H2,1-5H3,(H,68,77,78)/t41?,42?,49-/m0/s1. The summed E-state index contributed by atoms with van der Waals surface area (Å²) in [5.74, 6) is -1.15. The van der Waals surface area contributed by atoms with Crippen molar-refractivity contribution in [1.82, 2.24) is 39.9 Å². The molecule has 2 aromatic heterocycles. The molecule has 6 aliphatic heterocycles. The zero-order chi connectivity index (χ0) is 58.5. The summed E-state index contributed by atoms with van der Waals surface area (Å²) >= 11 is 0. The van der Waals surface area contributed by atoms with Crippen LogP contribution in [0.1, 0.15) is 113 Å². The summed E-state index contributed by atoms with van der Waals surface area (Å²) in [6, 6.07) is 11.4. The molecule has 0 radical (unpaired) electrons. The van der Waals surface area contributed by atoms with Gasteiger partial charge >= 0.3 is 12.1 Å². The van der Waals surface area contributed by atoms with Crippen molar-refractivity contribution in [3.05, 3.63) is 77.0 Å². The molecule has 8 heterocycles. The molecule has 3 atom stereocenters. The number of carbonyl (C=O) groups excluding carboxylic acids is 4. The quantitative estimate of drug-likeness (QED) is 0.0779. The van der Waals surface area contributed by atoms with Crippen molar-refractivity contribution in [2.24, 2.45) is 10.8 Å². The largest absolute Gasteiger partial charge is 0.468 e. The first-order valence-corrected chi connectivity index (χ1v) is 30.1. The van der Waals surface area contributed by atoms with Gasteiger partial charge in [-0.15, -0.1) is 0 Å². The van der Waals surface area contributed by atoms with E-state index in [0.717, 1.165) is 95.6 Å². The summed E-state index contributed by atoms with van der Waals surface area (Å²) in [5.41, 5.74) is 1.22. The molecule has 21 heteroatoms. The molecule has 18 nitrogen and oxygen atoms in total. The number of nitrogens with zero attached hydrogens (tertiary/aromatic N) is 9. The number of fused-ring (bicyclic) bond motifs is 5. The van der Waals surface area contributed by atoms with Gasteiger partial charge < -0.3 is 38.5 Å². The second-order valence-corrected chi connectivity index (χ2v) is 26.3. The summed E-state index contributed by atoms with van der Waals surface area (Å²) in [4.78, 5) is 78.3. The minimum atomic E-state index is -1.23. The molecule has 7 fully saturated rings. The number of nitrogens with one attached hydrogen (secondary N) is 1. The van der Waals surface area contributed by atoms with Gasteiger partial charge in [0.2, 0.25) is 11.8 Å². The van der Waals surface area contributed by atoms with E-state index in [1.807, 2.05) is 50.8 Å². The predicted molar refractivity (Wildman–Crippen MR) is 309 cm³/mol. The van der Waals surface area contributed by atoms with E-state index >= 15 is 13.2 Å². The topological polar surface area (TPSA) is 175 Å². The number of likely N-dealkylation sites (tertiary alicyclic amines) is 1. The van der Waals surface area contributed by atoms with Crippen LogP contribution in [0, 0.1) is 22.5 Å². The lowest BCUT2D eigenvalue weighted by molar-refractivity contribution is -0.136. The third-order valence-corrected chi connectivity index (χ3v) is 19.2. The first-order valence-electron chi connectivity index (χ1n) is 30.1.